The number of aromatic nitrogens is 1. The van der Waals surface area contributed by atoms with E-state index in [1.165, 1.54) is 5.56 Å². The van der Waals surface area contributed by atoms with Gasteiger partial charge in [-0.25, -0.2) is 4.98 Å². The molecule has 7 heteroatoms. The van der Waals surface area contributed by atoms with E-state index in [-0.39, 0.29) is 30.4 Å². The van der Waals surface area contributed by atoms with Crippen molar-refractivity contribution in [1.82, 2.24) is 9.88 Å². The summed E-state index contributed by atoms with van der Waals surface area (Å²) < 4.78 is 5.20. The molecule has 1 saturated heterocycles. The molecule has 4 rings (SSSR count). The Morgan fingerprint density at radius 2 is 2.00 bits per heavy atom. The average molecular weight is 451 g/mol. The van der Waals surface area contributed by atoms with Gasteiger partial charge in [-0.05, 0) is 49.8 Å². The second-order valence-electron chi connectivity index (χ2n) is 8.72. The lowest BCUT2D eigenvalue weighted by Gasteiger charge is -2.31. The predicted molar refractivity (Wildman–Crippen MR) is 129 cm³/mol. The first-order chi connectivity index (χ1) is 16.1. The highest BCUT2D eigenvalue weighted by molar-refractivity contribution is 5.95. The Hall–Kier alpha value is -2.93. The zero-order chi connectivity index (χ0) is 23.2. The molecular formula is C26H34N4O3. The highest BCUT2D eigenvalue weighted by Crippen LogP contribution is 2.39. The monoisotopic (exact) mass is 450 g/mol. The van der Waals surface area contributed by atoms with Crippen LogP contribution in [0.1, 0.15) is 50.3 Å². The van der Waals surface area contributed by atoms with Gasteiger partial charge in [0.25, 0.3) is 0 Å². The molecule has 1 amide bonds. The van der Waals surface area contributed by atoms with Crippen LogP contribution in [0.4, 0.5) is 11.6 Å². The summed E-state index contributed by atoms with van der Waals surface area (Å²) in [6, 6.07) is 13.9. The van der Waals surface area contributed by atoms with Crippen LogP contribution in [-0.2, 0) is 20.7 Å². The Labute approximate surface area is 196 Å². The minimum atomic E-state index is -0.251. The van der Waals surface area contributed by atoms with E-state index in [0.717, 1.165) is 37.2 Å². The number of rotatable bonds is 8. The van der Waals surface area contributed by atoms with Crippen molar-refractivity contribution < 1.29 is 14.3 Å². The number of nitrogens with one attached hydrogen (secondary N) is 1. The zero-order valence-electron chi connectivity index (χ0n) is 19.6. The molecule has 0 saturated carbocycles. The van der Waals surface area contributed by atoms with E-state index in [1.807, 2.05) is 48.2 Å². The molecule has 2 atom stereocenters. The van der Waals surface area contributed by atoms with Crippen molar-refractivity contribution in [3.63, 3.8) is 0 Å². The van der Waals surface area contributed by atoms with Crippen molar-refractivity contribution in [2.45, 2.75) is 45.6 Å². The molecule has 2 unspecified atom stereocenters. The number of anilines is 2. The number of hydrogen-bond donors (Lipinski definition) is 1. The van der Waals surface area contributed by atoms with Gasteiger partial charge in [-0.2, -0.15) is 0 Å². The maximum absolute atomic E-state index is 14.0. The SMILES string of the molecule is CCCN(C(=O)C1CCN(CC(=O)OCC)C1c1ccccc1)c1ccc2c(n1)NCCC2. The summed E-state index contributed by atoms with van der Waals surface area (Å²) in [4.78, 5) is 35.0. The van der Waals surface area contributed by atoms with Gasteiger partial charge in [-0.1, -0.05) is 43.3 Å². The lowest BCUT2D eigenvalue weighted by molar-refractivity contribution is -0.145. The van der Waals surface area contributed by atoms with Gasteiger partial charge in [-0.3, -0.25) is 19.4 Å². The Morgan fingerprint density at radius 1 is 1.18 bits per heavy atom. The van der Waals surface area contributed by atoms with Gasteiger partial charge in [0.2, 0.25) is 5.91 Å². The van der Waals surface area contributed by atoms with Crippen molar-refractivity contribution in [2.24, 2.45) is 5.92 Å². The Bertz CT molecular complexity index is 965. The third-order valence-corrected chi connectivity index (χ3v) is 6.47. The third kappa shape index (κ3) is 5.19. The number of carbonyl (C=O) groups is 2. The maximum Gasteiger partial charge on any atom is 0.320 e. The molecular weight excluding hydrogens is 416 g/mol. The van der Waals surface area contributed by atoms with Gasteiger partial charge in [0.15, 0.2) is 0 Å². The lowest BCUT2D eigenvalue weighted by Crippen LogP contribution is -2.41. The van der Waals surface area contributed by atoms with Crippen LogP contribution in [0.5, 0.6) is 0 Å². The molecule has 2 aliphatic heterocycles. The van der Waals surface area contributed by atoms with Crippen molar-refractivity contribution in [3.05, 3.63) is 53.6 Å². The van der Waals surface area contributed by atoms with Gasteiger partial charge in [0.05, 0.1) is 19.1 Å². The highest BCUT2D eigenvalue weighted by atomic mass is 16.5. The van der Waals surface area contributed by atoms with E-state index in [1.54, 1.807) is 0 Å². The topological polar surface area (TPSA) is 74.8 Å². The van der Waals surface area contributed by atoms with Crippen molar-refractivity contribution in [1.29, 1.82) is 0 Å². The normalized spacial score (nSPS) is 20.1. The van der Waals surface area contributed by atoms with E-state index in [2.05, 4.69) is 23.2 Å². The van der Waals surface area contributed by atoms with Crippen molar-refractivity contribution >= 4 is 23.5 Å². The summed E-state index contributed by atoms with van der Waals surface area (Å²) in [5.41, 5.74) is 2.26. The fourth-order valence-corrected chi connectivity index (χ4v) is 4.99. The fraction of sp³-hybridized carbons (Fsp3) is 0.500. The van der Waals surface area contributed by atoms with Crippen molar-refractivity contribution in [2.75, 3.05) is 43.0 Å². The number of amides is 1. The molecule has 0 spiro atoms. The second-order valence-corrected chi connectivity index (χ2v) is 8.72. The molecule has 0 radical (unpaired) electrons. The number of pyridine rings is 1. The van der Waals surface area contributed by atoms with Gasteiger partial charge in [0, 0.05) is 25.7 Å². The summed E-state index contributed by atoms with van der Waals surface area (Å²) in [6.07, 6.45) is 3.65. The molecule has 2 aromatic rings. The minimum Gasteiger partial charge on any atom is -0.465 e. The van der Waals surface area contributed by atoms with Crippen molar-refractivity contribution in [3.8, 4) is 0 Å². The summed E-state index contributed by atoms with van der Waals surface area (Å²) >= 11 is 0. The minimum absolute atomic E-state index is 0.0697. The second kappa shape index (κ2) is 10.8. The lowest BCUT2D eigenvalue weighted by atomic mass is 9.92. The third-order valence-electron chi connectivity index (χ3n) is 6.47. The van der Waals surface area contributed by atoms with Crippen LogP contribution in [0.2, 0.25) is 0 Å². The quantitative estimate of drug-likeness (QED) is 0.617. The standard InChI is InChI=1S/C26H34N4O3/c1-3-16-30(22-13-12-20-11-8-15-27-25(20)28-22)26(32)21-14-17-29(18-23(31)33-4-2)24(21)19-9-6-5-7-10-19/h5-7,9-10,12-13,21,24H,3-4,8,11,14-18H2,1-2H3,(H,27,28). The first-order valence-corrected chi connectivity index (χ1v) is 12.1. The van der Waals surface area contributed by atoms with Crippen LogP contribution in [-0.4, -0.2) is 54.5 Å². The number of hydrogen-bond acceptors (Lipinski definition) is 6. The number of ether oxygens (including phenoxy) is 1. The summed E-state index contributed by atoms with van der Waals surface area (Å²) in [6.45, 7) is 6.62. The maximum atomic E-state index is 14.0. The number of esters is 1. The van der Waals surface area contributed by atoms with Crippen LogP contribution in [0.15, 0.2) is 42.5 Å². The van der Waals surface area contributed by atoms with E-state index in [0.29, 0.717) is 31.9 Å². The largest absolute Gasteiger partial charge is 0.465 e. The zero-order valence-corrected chi connectivity index (χ0v) is 19.6. The molecule has 176 valence electrons. The van der Waals surface area contributed by atoms with E-state index >= 15 is 0 Å². The molecule has 1 N–H and O–H groups in total. The molecule has 1 aromatic heterocycles. The molecule has 2 aliphatic rings. The van der Waals surface area contributed by atoms with E-state index < -0.39 is 0 Å². The smallest absolute Gasteiger partial charge is 0.320 e. The fourth-order valence-electron chi connectivity index (χ4n) is 4.99. The van der Waals surface area contributed by atoms with Gasteiger partial charge in [-0.15, -0.1) is 0 Å². The van der Waals surface area contributed by atoms with Crippen LogP contribution < -0.4 is 10.2 Å². The van der Waals surface area contributed by atoms with E-state index in [9.17, 15) is 9.59 Å². The summed E-state index contributed by atoms with van der Waals surface area (Å²) in [7, 11) is 0. The van der Waals surface area contributed by atoms with Gasteiger partial charge < -0.3 is 10.1 Å². The molecule has 33 heavy (non-hydrogen) atoms. The van der Waals surface area contributed by atoms with Gasteiger partial charge in [0.1, 0.15) is 11.6 Å². The first-order valence-electron chi connectivity index (χ1n) is 12.1. The van der Waals surface area contributed by atoms with Crippen LogP contribution >= 0.6 is 0 Å². The molecule has 0 bridgehead atoms. The molecule has 3 heterocycles. The Morgan fingerprint density at radius 3 is 2.76 bits per heavy atom. The molecule has 0 aliphatic carbocycles. The van der Waals surface area contributed by atoms with Crippen LogP contribution in [0, 0.1) is 5.92 Å². The van der Waals surface area contributed by atoms with E-state index in [4.69, 9.17) is 9.72 Å². The number of likely N-dealkylation sites (tertiary alicyclic amines) is 1. The summed E-state index contributed by atoms with van der Waals surface area (Å²) in [5, 5.41) is 3.37. The summed E-state index contributed by atoms with van der Waals surface area (Å²) in [5.74, 6) is 1.16. The first kappa shape index (κ1) is 23.2. The van der Waals surface area contributed by atoms with Gasteiger partial charge >= 0.3 is 5.97 Å². The number of fused-ring (bicyclic) bond motifs is 1. The molecule has 7 nitrogen and oxygen atoms in total. The predicted octanol–water partition coefficient (Wildman–Crippen LogP) is 3.81. The number of benzene rings is 1. The Balaban J connectivity index is 1.62. The molecule has 1 fully saturated rings. The number of nitrogens with zero attached hydrogens (tertiary/aromatic N) is 3. The van der Waals surface area contributed by atoms with Crippen LogP contribution in [0.3, 0.4) is 0 Å². The number of carbonyl (C=O) groups excluding carboxylic acids is 2. The number of aryl methyl sites for hydroxylation is 1. The average Bonchev–Trinajstić information content (AvgIpc) is 3.26. The highest BCUT2D eigenvalue weighted by Gasteiger charge is 2.42. The van der Waals surface area contributed by atoms with Crippen LogP contribution in [0.25, 0.3) is 0 Å². The Kier molecular flexibility index (Phi) is 7.60. The molecule has 1 aromatic carbocycles.